The van der Waals surface area contributed by atoms with E-state index in [1.54, 1.807) is 0 Å². The lowest BCUT2D eigenvalue weighted by molar-refractivity contribution is 0.293. The molecule has 1 unspecified atom stereocenters. The van der Waals surface area contributed by atoms with Gasteiger partial charge in [-0.1, -0.05) is 42.4 Å². The zero-order valence-corrected chi connectivity index (χ0v) is 12.6. The number of nitrogens with two attached hydrogens (primary N) is 1. The first-order valence-electron chi connectivity index (χ1n) is 6.44. The standard InChI is InChI=1S/C14H20N4O.ClH/c1-11(12-6-4-3-5-7-12)9-18(2)10-13-16-14(8-15)19-17-13;/h3-7,11H,8-10,15H2,1-2H3;1H. The molecule has 0 aliphatic rings. The van der Waals surface area contributed by atoms with E-state index in [0.29, 0.717) is 24.2 Å². The fourth-order valence-electron chi connectivity index (χ4n) is 2.10. The Morgan fingerprint density at radius 2 is 2.00 bits per heavy atom. The Labute approximate surface area is 125 Å². The Balaban J connectivity index is 0.00000200. The van der Waals surface area contributed by atoms with Gasteiger partial charge in [0.1, 0.15) is 0 Å². The first-order chi connectivity index (χ1) is 9.19. The maximum atomic E-state index is 5.44. The topological polar surface area (TPSA) is 68.2 Å². The number of rotatable bonds is 6. The van der Waals surface area contributed by atoms with Gasteiger partial charge in [0, 0.05) is 6.54 Å². The largest absolute Gasteiger partial charge is 0.338 e. The van der Waals surface area contributed by atoms with Gasteiger partial charge in [-0.15, -0.1) is 12.4 Å². The maximum absolute atomic E-state index is 5.44. The molecule has 110 valence electrons. The molecule has 0 spiro atoms. The SMILES string of the molecule is CC(CN(C)Cc1noc(CN)n1)c1ccccc1.Cl. The lowest BCUT2D eigenvalue weighted by Gasteiger charge is -2.20. The number of hydrogen-bond acceptors (Lipinski definition) is 5. The molecule has 0 aliphatic heterocycles. The fraction of sp³-hybridized carbons (Fsp3) is 0.429. The minimum atomic E-state index is 0. The van der Waals surface area contributed by atoms with Crippen LogP contribution in [-0.2, 0) is 13.1 Å². The molecule has 0 radical (unpaired) electrons. The van der Waals surface area contributed by atoms with Gasteiger partial charge >= 0.3 is 0 Å². The molecular weight excluding hydrogens is 276 g/mol. The van der Waals surface area contributed by atoms with Crippen molar-refractivity contribution in [2.24, 2.45) is 5.73 Å². The molecule has 20 heavy (non-hydrogen) atoms. The fourth-order valence-corrected chi connectivity index (χ4v) is 2.10. The molecule has 2 rings (SSSR count). The van der Waals surface area contributed by atoms with Gasteiger partial charge in [-0.3, -0.25) is 4.90 Å². The van der Waals surface area contributed by atoms with E-state index in [-0.39, 0.29) is 19.0 Å². The summed E-state index contributed by atoms with van der Waals surface area (Å²) < 4.78 is 4.99. The molecule has 0 fully saturated rings. The van der Waals surface area contributed by atoms with Crippen molar-refractivity contribution in [2.45, 2.75) is 25.9 Å². The summed E-state index contributed by atoms with van der Waals surface area (Å²) in [6.45, 7) is 4.11. The summed E-state index contributed by atoms with van der Waals surface area (Å²) in [5.41, 5.74) is 6.78. The van der Waals surface area contributed by atoms with Gasteiger partial charge in [0.05, 0.1) is 13.1 Å². The van der Waals surface area contributed by atoms with Crippen LogP contribution in [0.1, 0.15) is 30.1 Å². The number of likely N-dealkylation sites (N-methyl/N-ethyl adjacent to an activating group) is 1. The lowest BCUT2D eigenvalue weighted by atomic mass is 10.0. The molecule has 0 aliphatic carbocycles. The summed E-state index contributed by atoms with van der Waals surface area (Å²) in [7, 11) is 2.05. The highest BCUT2D eigenvalue weighted by Crippen LogP contribution is 2.16. The van der Waals surface area contributed by atoms with E-state index in [4.69, 9.17) is 10.3 Å². The molecular formula is C14H21ClN4O. The van der Waals surface area contributed by atoms with Crippen LogP contribution in [0.15, 0.2) is 34.9 Å². The number of aromatic nitrogens is 2. The van der Waals surface area contributed by atoms with Crippen molar-refractivity contribution in [1.82, 2.24) is 15.0 Å². The third-order valence-corrected chi connectivity index (χ3v) is 3.05. The van der Waals surface area contributed by atoms with Crippen LogP contribution in [0.2, 0.25) is 0 Å². The highest BCUT2D eigenvalue weighted by Gasteiger charge is 2.12. The summed E-state index contributed by atoms with van der Waals surface area (Å²) in [5, 5.41) is 3.90. The molecule has 0 saturated carbocycles. The third kappa shape index (κ3) is 4.59. The quantitative estimate of drug-likeness (QED) is 0.885. The normalized spacial score (nSPS) is 12.2. The first-order valence-corrected chi connectivity index (χ1v) is 6.44. The molecule has 6 heteroatoms. The summed E-state index contributed by atoms with van der Waals surface area (Å²) in [6.07, 6.45) is 0. The second-order valence-corrected chi connectivity index (χ2v) is 4.82. The zero-order chi connectivity index (χ0) is 13.7. The first kappa shape index (κ1) is 16.6. The van der Waals surface area contributed by atoms with Gasteiger partial charge in [-0.2, -0.15) is 4.98 Å². The monoisotopic (exact) mass is 296 g/mol. The molecule has 2 aromatic rings. The van der Waals surface area contributed by atoms with Gasteiger partial charge in [-0.25, -0.2) is 0 Å². The highest BCUT2D eigenvalue weighted by atomic mass is 35.5. The minimum Gasteiger partial charge on any atom is -0.338 e. The predicted octanol–water partition coefficient (Wildman–Crippen LogP) is 2.19. The Morgan fingerprint density at radius 3 is 2.60 bits per heavy atom. The van der Waals surface area contributed by atoms with E-state index in [0.717, 1.165) is 6.54 Å². The molecule has 0 bridgehead atoms. The van der Waals surface area contributed by atoms with Crippen LogP contribution in [0.25, 0.3) is 0 Å². The Morgan fingerprint density at radius 1 is 1.30 bits per heavy atom. The number of halogens is 1. The van der Waals surface area contributed by atoms with Gasteiger partial charge in [0.15, 0.2) is 5.82 Å². The van der Waals surface area contributed by atoms with Gasteiger partial charge in [0.25, 0.3) is 0 Å². The highest BCUT2D eigenvalue weighted by molar-refractivity contribution is 5.85. The molecule has 0 saturated heterocycles. The Kier molecular flexibility index (Phi) is 6.64. The van der Waals surface area contributed by atoms with Crippen molar-refractivity contribution in [3.63, 3.8) is 0 Å². The summed E-state index contributed by atoms with van der Waals surface area (Å²) >= 11 is 0. The third-order valence-electron chi connectivity index (χ3n) is 3.05. The Bertz CT molecular complexity index is 503. The second-order valence-electron chi connectivity index (χ2n) is 4.82. The van der Waals surface area contributed by atoms with Crippen LogP contribution in [0.3, 0.4) is 0 Å². The van der Waals surface area contributed by atoms with E-state index < -0.39 is 0 Å². The summed E-state index contributed by atoms with van der Waals surface area (Å²) in [4.78, 5) is 6.39. The average molecular weight is 297 g/mol. The van der Waals surface area contributed by atoms with Crippen molar-refractivity contribution in [1.29, 1.82) is 0 Å². The molecule has 1 aromatic heterocycles. The molecule has 1 atom stereocenters. The zero-order valence-electron chi connectivity index (χ0n) is 11.8. The van der Waals surface area contributed by atoms with Crippen LogP contribution >= 0.6 is 12.4 Å². The van der Waals surface area contributed by atoms with Crippen molar-refractivity contribution >= 4 is 12.4 Å². The number of benzene rings is 1. The summed E-state index contributed by atoms with van der Waals surface area (Å²) in [6, 6.07) is 10.5. The van der Waals surface area contributed by atoms with Crippen LogP contribution in [-0.4, -0.2) is 28.6 Å². The van der Waals surface area contributed by atoms with E-state index in [1.165, 1.54) is 5.56 Å². The number of hydrogen-bond donors (Lipinski definition) is 1. The number of nitrogens with zero attached hydrogens (tertiary/aromatic N) is 3. The maximum Gasteiger partial charge on any atom is 0.240 e. The molecule has 2 N–H and O–H groups in total. The minimum absolute atomic E-state index is 0. The second kappa shape index (κ2) is 7.99. The lowest BCUT2D eigenvalue weighted by Crippen LogP contribution is -2.23. The van der Waals surface area contributed by atoms with Crippen LogP contribution < -0.4 is 5.73 Å². The van der Waals surface area contributed by atoms with E-state index >= 15 is 0 Å². The van der Waals surface area contributed by atoms with Crippen molar-refractivity contribution < 1.29 is 4.52 Å². The van der Waals surface area contributed by atoms with Crippen LogP contribution in [0.5, 0.6) is 0 Å². The predicted molar refractivity (Wildman–Crippen MR) is 80.6 cm³/mol. The van der Waals surface area contributed by atoms with Gasteiger partial charge in [-0.05, 0) is 18.5 Å². The van der Waals surface area contributed by atoms with E-state index in [2.05, 4.69) is 53.3 Å². The molecule has 0 amide bonds. The molecule has 5 nitrogen and oxygen atoms in total. The van der Waals surface area contributed by atoms with Crippen molar-refractivity contribution in [2.75, 3.05) is 13.6 Å². The van der Waals surface area contributed by atoms with E-state index in [1.807, 2.05) is 6.07 Å². The van der Waals surface area contributed by atoms with Gasteiger partial charge in [0.2, 0.25) is 5.89 Å². The Hall–Kier alpha value is -1.43. The van der Waals surface area contributed by atoms with Gasteiger partial charge < -0.3 is 10.3 Å². The van der Waals surface area contributed by atoms with Crippen LogP contribution in [0, 0.1) is 0 Å². The average Bonchev–Trinajstić information content (AvgIpc) is 2.87. The van der Waals surface area contributed by atoms with E-state index in [9.17, 15) is 0 Å². The summed E-state index contributed by atoms with van der Waals surface area (Å²) in [5.74, 6) is 1.63. The van der Waals surface area contributed by atoms with Crippen LogP contribution in [0.4, 0.5) is 0 Å². The molecule has 1 heterocycles. The van der Waals surface area contributed by atoms with Crippen molar-refractivity contribution in [3.05, 3.63) is 47.6 Å². The molecule has 1 aromatic carbocycles. The smallest absolute Gasteiger partial charge is 0.240 e. The van der Waals surface area contributed by atoms with Crippen molar-refractivity contribution in [3.8, 4) is 0 Å².